The number of amides is 2. The van der Waals surface area contributed by atoms with Crippen molar-refractivity contribution in [1.29, 1.82) is 0 Å². The number of methoxy groups -OCH3 is 4. The monoisotopic (exact) mass is 692 g/mol. The highest BCUT2D eigenvalue weighted by Gasteiger charge is 2.31. The molecule has 2 amide bonds. The molecule has 10 heteroatoms. The van der Waals surface area contributed by atoms with Gasteiger partial charge in [-0.25, -0.2) is 9.59 Å². The van der Waals surface area contributed by atoms with Crippen LogP contribution in [0.5, 0.6) is 23.0 Å². The molecule has 4 aromatic carbocycles. The van der Waals surface area contributed by atoms with E-state index in [1.165, 1.54) is 0 Å². The SMILES string of the molecule is COc1ccc(C2=C[C@H](NC(=O)OC(C)(C)C)CCc3c2cc(OC)c(OC)c3OC)cc1NC(=O)OCC1c2ccccc2-c2ccccc21. The number of anilines is 1. The van der Waals surface area contributed by atoms with E-state index in [9.17, 15) is 9.59 Å². The number of benzene rings is 4. The van der Waals surface area contributed by atoms with Gasteiger partial charge in [0.05, 0.1) is 40.2 Å². The summed E-state index contributed by atoms with van der Waals surface area (Å²) in [5.41, 5.74) is 7.56. The molecule has 0 bridgehead atoms. The number of hydrogen-bond donors (Lipinski definition) is 2. The van der Waals surface area contributed by atoms with Crippen molar-refractivity contribution in [3.8, 4) is 34.1 Å². The van der Waals surface area contributed by atoms with Crippen molar-refractivity contribution in [3.05, 3.63) is 107 Å². The molecule has 0 spiro atoms. The lowest BCUT2D eigenvalue weighted by atomic mass is 9.92. The van der Waals surface area contributed by atoms with Gasteiger partial charge in [0.2, 0.25) is 5.75 Å². The number of alkyl carbamates (subject to hydrolysis) is 1. The molecule has 6 rings (SSSR count). The van der Waals surface area contributed by atoms with Gasteiger partial charge in [-0.05, 0) is 90.8 Å². The molecule has 0 saturated heterocycles. The maximum absolute atomic E-state index is 13.4. The second-order valence-electron chi connectivity index (χ2n) is 13.4. The van der Waals surface area contributed by atoms with Gasteiger partial charge in [0.15, 0.2) is 11.5 Å². The number of carbonyl (C=O) groups excluding carboxylic acids is 2. The van der Waals surface area contributed by atoms with Crippen LogP contribution in [-0.2, 0) is 15.9 Å². The van der Waals surface area contributed by atoms with Crippen LogP contribution in [-0.4, -0.2) is 58.9 Å². The zero-order chi connectivity index (χ0) is 36.3. The van der Waals surface area contributed by atoms with Gasteiger partial charge < -0.3 is 33.7 Å². The molecule has 10 nitrogen and oxygen atoms in total. The van der Waals surface area contributed by atoms with Crippen molar-refractivity contribution in [3.63, 3.8) is 0 Å². The van der Waals surface area contributed by atoms with Crippen LogP contribution in [0.3, 0.4) is 0 Å². The molecule has 4 aromatic rings. The van der Waals surface area contributed by atoms with E-state index in [1.54, 1.807) is 34.5 Å². The fourth-order valence-electron chi connectivity index (χ4n) is 6.92. The third-order valence-corrected chi connectivity index (χ3v) is 9.09. The Bertz CT molecular complexity index is 1930. The van der Waals surface area contributed by atoms with Crippen LogP contribution in [0.2, 0.25) is 0 Å². The van der Waals surface area contributed by atoms with E-state index < -0.39 is 23.8 Å². The molecule has 0 aliphatic heterocycles. The Labute approximate surface area is 298 Å². The molecule has 0 saturated carbocycles. The highest BCUT2D eigenvalue weighted by molar-refractivity contribution is 5.91. The van der Waals surface area contributed by atoms with E-state index >= 15 is 0 Å². The zero-order valence-corrected chi connectivity index (χ0v) is 30.0. The van der Waals surface area contributed by atoms with Crippen LogP contribution in [0.4, 0.5) is 15.3 Å². The summed E-state index contributed by atoms with van der Waals surface area (Å²) in [6.07, 6.45) is 1.96. The van der Waals surface area contributed by atoms with Crippen molar-refractivity contribution in [2.45, 2.75) is 51.2 Å². The van der Waals surface area contributed by atoms with E-state index in [0.717, 1.165) is 44.5 Å². The van der Waals surface area contributed by atoms with Crippen LogP contribution in [0.15, 0.2) is 78.9 Å². The lowest BCUT2D eigenvalue weighted by molar-refractivity contribution is 0.0513. The minimum Gasteiger partial charge on any atom is -0.495 e. The number of rotatable bonds is 9. The summed E-state index contributed by atoms with van der Waals surface area (Å²) in [4.78, 5) is 26.3. The first-order chi connectivity index (χ1) is 24.5. The van der Waals surface area contributed by atoms with E-state index in [0.29, 0.717) is 41.5 Å². The lowest BCUT2D eigenvalue weighted by Crippen LogP contribution is -2.38. The average molecular weight is 693 g/mol. The first-order valence-electron chi connectivity index (χ1n) is 16.9. The van der Waals surface area contributed by atoms with Crippen molar-refractivity contribution in [2.75, 3.05) is 40.4 Å². The number of ether oxygens (including phenoxy) is 6. The Morgan fingerprint density at radius 3 is 2.00 bits per heavy atom. The lowest BCUT2D eigenvalue weighted by Gasteiger charge is -2.22. The molecule has 1 atom stereocenters. The van der Waals surface area contributed by atoms with Gasteiger partial charge in [0, 0.05) is 11.5 Å². The summed E-state index contributed by atoms with van der Waals surface area (Å²) in [6, 6.07) is 23.4. The Morgan fingerprint density at radius 1 is 0.745 bits per heavy atom. The number of hydrogen-bond acceptors (Lipinski definition) is 8. The second-order valence-corrected chi connectivity index (χ2v) is 13.4. The van der Waals surface area contributed by atoms with Gasteiger partial charge in [0.1, 0.15) is 18.0 Å². The first-order valence-corrected chi connectivity index (χ1v) is 16.9. The van der Waals surface area contributed by atoms with Crippen molar-refractivity contribution in [2.24, 2.45) is 0 Å². The Balaban J connectivity index is 1.33. The normalized spacial score (nSPS) is 14.9. The summed E-state index contributed by atoms with van der Waals surface area (Å²) < 4.78 is 34.4. The fourth-order valence-corrected chi connectivity index (χ4v) is 6.92. The molecular formula is C41H44N2O8. The molecule has 0 unspecified atom stereocenters. The highest BCUT2D eigenvalue weighted by Crippen LogP contribution is 2.48. The van der Waals surface area contributed by atoms with Crippen LogP contribution in [0, 0.1) is 0 Å². The molecule has 51 heavy (non-hydrogen) atoms. The van der Waals surface area contributed by atoms with E-state index in [-0.39, 0.29) is 12.5 Å². The molecular weight excluding hydrogens is 648 g/mol. The first kappa shape index (κ1) is 35.2. The standard InChI is InChI=1S/C41H44N2O8/c1-41(2,3)51-40(45)42-25-17-18-30-32(22-36(47-5)38(49-7)37(30)48-6)31(21-25)24-16-19-35(46-4)34(20-24)43-39(44)50-23-33-28-14-10-8-12-26(28)27-13-9-11-15-29(27)33/h8-16,19-22,25,33H,17-18,23H2,1-7H3,(H,42,45)(H,43,44)/t25-/m1/s1. The quantitative estimate of drug-likeness (QED) is 0.180. The van der Waals surface area contributed by atoms with Gasteiger partial charge >= 0.3 is 12.2 Å². The largest absolute Gasteiger partial charge is 0.495 e. The fraction of sp³-hybridized carbons (Fsp3) is 0.317. The molecule has 2 aliphatic rings. The maximum atomic E-state index is 13.4. The third kappa shape index (κ3) is 7.31. The Hall–Kier alpha value is -5.64. The summed E-state index contributed by atoms with van der Waals surface area (Å²) in [7, 11) is 6.27. The molecule has 266 valence electrons. The average Bonchev–Trinajstić information content (AvgIpc) is 3.32. The maximum Gasteiger partial charge on any atom is 0.411 e. The molecule has 0 aromatic heterocycles. The number of carbonyl (C=O) groups is 2. The van der Waals surface area contributed by atoms with Crippen LogP contribution >= 0.6 is 0 Å². The number of nitrogens with one attached hydrogen (secondary N) is 2. The van der Waals surface area contributed by atoms with Crippen LogP contribution in [0.1, 0.15) is 60.9 Å². The van der Waals surface area contributed by atoms with Crippen molar-refractivity contribution in [1.82, 2.24) is 5.32 Å². The second kappa shape index (κ2) is 14.7. The topological polar surface area (TPSA) is 114 Å². The van der Waals surface area contributed by atoms with Crippen LogP contribution in [0.25, 0.3) is 16.7 Å². The summed E-state index contributed by atoms with van der Waals surface area (Å²) in [6.45, 7) is 5.63. The van der Waals surface area contributed by atoms with E-state index in [2.05, 4.69) is 34.9 Å². The predicted octanol–water partition coefficient (Wildman–Crippen LogP) is 8.35. The molecule has 0 fully saturated rings. The summed E-state index contributed by atoms with van der Waals surface area (Å²) in [5.74, 6) is 1.88. The van der Waals surface area contributed by atoms with Gasteiger partial charge in [-0.1, -0.05) is 60.7 Å². The van der Waals surface area contributed by atoms with E-state index in [4.69, 9.17) is 28.4 Å². The molecule has 2 aliphatic carbocycles. The highest BCUT2D eigenvalue weighted by atomic mass is 16.6. The van der Waals surface area contributed by atoms with E-state index in [1.807, 2.05) is 69.3 Å². The Morgan fingerprint density at radius 2 is 1.39 bits per heavy atom. The number of fused-ring (bicyclic) bond motifs is 4. The third-order valence-electron chi connectivity index (χ3n) is 9.09. The smallest absolute Gasteiger partial charge is 0.411 e. The summed E-state index contributed by atoms with van der Waals surface area (Å²) in [5, 5.41) is 5.93. The predicted molar refractivity (Wildman–Crippen MR) is 196 cm³/mol. The zero-order valence-electron chi connectivity index (χ0n) is 30.0. The van der Waals surface area contributed by atoms with Gasteiger partial charge in [-0.15, -0.1) is 0 Å². The molecule has 2 N–H and O–H groups in total. The van der Waals surface area contributed by atoms with Crippen molar-refractivity contribution < 1.29 is 38.0 Å². The summed E-state index contributed by atoms with van der Waals surface area (Å²) >= 11 is 0. The van der Waals surface area contributed by atoms with Gasteiger partial charge in [-0.2, -0.15) is 0 Å². The van der Waals surface area contributed by atoms with Crippen LogP contribution < -0.4 is 29.6 Å². The minimum atomic E-state index is -0.663. The molecule has 0 radical (unpaired) electrons. The van der Waals surface area contributed by atoms with Crippen molar-refractivity contribution >= 4 is 23.4 Å². The molecule has 0 heterocycles. The van der Waals surface area contributed by atoms with Gasteiger partial charge in [0.25, 0.3) is 0 Å². The minimum absolute atomic E-state index is 0.0830. The van der Waals surface area contributed by atoms with Gasteiger partial charge in [-0.3, -0.25) is 5.32 Å². The Kier molecular flexibility index (Phi) is 10.1.